The van der Waals surface area contributed by atoms with E-state index in [4.69, 9.17) is 9.84 Å². The van der Waals surface area contributed by atoms with Crippen molar-refractivity contribution in [2.45, 2.75) is 0 Å². The molecule has 0 radical (unpaired) electrons. The lowest BCUT2D eigenvalue weighted by atomic mass is 10.2. The number of anilines is 1. The van der Waals surface area contributed by atoms with Crippen LogP contribution in [-0.4, -0.2) is 46.3 Å². The molecule has 2 aromatic rings. The quantitative estimate of drug-likeness (QED) is 0.766. The first-order valence-electron chi connectivity index (χ1n) is 5.96. The molecule has 104 valence electrons. The van der Waals surface area contributed by atoms with E-state index >= 15 is 0 Å². The molecule has 2 N–H and O–H groups in total. The number of nitrogens with one attached hydrogen (secondary N) is 1. The van der Waals surface area contributed by atoms with Crippen molar-refractivity contribution in [3.63, 3.8) is 0 Å². The second-order valence-corrected chi connectivity index (χ2v) is 3.92. The van der Waals surface area contributed by atoms with Crippen LogP contribution in [0.3, 0.4) is 0 Å². The predicted octanol–water partition coefficient (Wildman–Crippen LogP) is 1.30. The van der Waals surface area contributed by atoms with Gasteiger partial charge in [0.15, 0.2) is 11.5 Å². The van der Waals surface area contributed by atoms with Crippen molar-refractivity contribution >= 4 is 11.8 Å². The predicted molar refractivity (Wildman–Crippen MR) is 72.6 cm³/mol. The number of nitrogens with zero attached hydrogens (tertiary/aromatic N) is 3. The van der Waals surface area contributed by atoms with E-state index in [1.165, 1.54) is 6.07 Å². The first-order chi connectivity index (χ1) is 9.70. The van der Waals surface area contributed by atoms with Crippen molar-refractivity contribution < 1.29 is 14.6 Å². The number of rotatable bonds is 6. The number of hydrogen-bond donors (Lipinski definition) is 2. The maximum atomic E-state index is 11.1. The van der Waals surface area contributed by atoms with Crippen molar-refractivity contribution in [2.75, 3.05) is 25.6 Å². The number of pyridine rings is 1. The Morgan fingerprint density at radius 2 is 2.10 bits per heavy atom. The van der Waals surface area contributed by atoms with E-state index in [0.29, 0.717) is 30.4 Å². The van der Waals surface area contributed by atoms with Crippen molar-refractivity contribution in [2.24, 2.45) is 0 Å². The zero-order chi connectivity index (χ0) is 14.4. The molecule has 0 bridgehead atoms. The largest absolute Gasteiger partial charge is 0.477 e. The number of carboxylic acid groups (broad SMARTS) is 1. The molecule has 20 heavy (non-hydrogen) atoms. The molecular formula is C13H14N4O3. The summed E-state index contributed by atoms with van der Waals surface area (Å²) in [6, 6.07) is 4.84. The molecule has 0 aliphatic rings. The van der Waals surface area contributed by atoms with Gasteiger partial charge in [0.1, 0.15) is 5.82 Å². The lowest BCUT2D eigenvalue weighted by molar-refractivity contribution is 0.0690. The highest BCUT2D eigenvalue weighted by Crippen LogP contribution is 2.17. The van der Waals surface area contributed by atoms with Crippen LogP contribution in [0, 0.1) is 0 Å². The second-order valence-electron chi connectivity index (χ2n) is 3.92. The Morgan fingerprint density at radius 3 is 2.75 bits per heavy atom. The van der Waals surface area contributed by atoms with Gasteiger partial charge in [0.05, 0.1) is 6.61 Å². The van der Waals surface area contributed by atoms with E-state index in [1.54, 1.807) is 31.6 Å². The van der Waals surface area contributed by atoms with Gasteiger partial charge >= 0.3 is 5.97 Å². The third kappa shape index (κ3) is 3.48. The number of carboxylic acids is 1. The minimum atomic E-state index is -1.10. The van der Waals surface area contributed by atoms with Crippen LogP contribution in [0.15, 0.2) is 30.6 Å². The molecule has 0 atom stereocenters. The Kier molecular flexibility index (Phi) is 4.56. The molecule has 0 aliphatic heterocycles. The highest BCUT2D eigenvalue weighted by atomic mass is 16.5. The Hall–Kier alpha value is -2.54. The van der Waals surface area contributed by atoms with Crippen molar-refractivity contribution in [1.82, 2.24) is 15.0 Å². The summed E-state index contributed by atoms with van der Waals surface area (Å²) in [6.45, 7) is 1.03. The van der Waals surface area contributed by atoms with Crippen LogP contribution in [0.2, 0.25) is 0 Å². The number of aromatic nitrogens is 3. The highest BCUT2D eigenvalue weighted by molar-refractivity contribution is 5.86. The SMILES string of the molecule is COCCNc1cc(C(=O)O)nc(-c2ccncc2)n1. The van der Waals surface area contributed by atoms with E-state index in [9.17, 15) is 4.79 Å². The molecule has 0 fully saturated rings. The van der Waals surface area contributed by atoms with Crippen LogP contribution < -0.4 is 5.32 Å². The fourth-order valence-corrected chi connectivity index (χ4v) is 1.56. The van der Waals surface area contributed by atoms with Gasteiger partial charge in [-0.25, -0.2) is 14.8 Å². The Morgan fingerprint density at radius 1 is 1.35 bits per heavy atom. The monoisotopic (exact) mass is 274 g/mol. The summed E-state index contributed by atoms with van der Waals surface area (Å²) in [5, 5.41) is 12.1. The maximum absolute atomic E-state index is 11.1. The lowest BCUT2D eigenvalue weighted by Gasteiger charge is -2.08. The van der Waals surface area contributed by atoms with E-state index in [1.807, 2.05) is 0 Å². The molecule has 0 amide bonds. The molecule has 2 rings (SSSR count). The zero-order valence-electron chi connectivity index (χ0n) is 10.9. The number of ether oxygens (including phenoxy) is 1. The minimum absolute atomic E-state index is 0.0632. The first-order valence-corrected chi connectivity index (χ1v) is 5.96. The van der Waals surface area contributed by atoms with Crippen LogP contribution in [0.5, 0.6) is 0 Å². The van der Waals surface area contributed by atoms with Gasteiger partial charge in [-0.3, -0.25) is 4.98 Å². The van der Waals surface area contributed by atoms with E-state index < -0.39 is 5.97 Å². The molecule has 7 heteroatoms. The van der Waals surface area contributed by atoms with E-state index in [0.717, 1.165) is 0 Å². The Balaban J connectivity index is 2.34. The molecule has 0 aliphatic carbocycles. The zero-order valence-corrected chi connectivity index (χ0v) is 10.9. The van der Waals surface area contributed by atoms with Gasteiger partial charge in [-0.1, -0.05) is 0 Å². The molecule has 0 aromatic carbocycles. The summed E-state index contributed by atoms with van der Waals surface area (Å²) < 4.78 is 4.93. The summed E-state index contributed by atoms with van der Waals surface area (Å²) in [6.07, 6.45) is 3.20. The molecule has 2 heterocycles. The van der Waals surface area contributed by atoms with Gasteiger partial charge in [-0.2, -0.15) is 0 Å². The fraction of sp³-hybridized carbons (Fsp3) is 0.231. The smallest absolute Gasteiger partial charge is 0.354 e. The van der Waals surface area contributed by atoms with Crippen LogP contribution in [-0.2, 0) is 4.74 Å². The third-order valence-corrected chi connectivity index (χ3v) is 2.50. The van der Waals surface area contributed by atoms with Crippen LogP contribution in [0.1, 0.15) is 10.5 Å². The molecular weight excluding hydrogens is 260 g/mol. The van der Waals surface area contributed by atoms with Crippen molar-refractivity contribution in [3.8, 4) is 11.4 Å². The van der Waals surface area contributed by atoms with Crippen LogP contribution in [0.4, 0.5) is 5.82 Å². The third-order valence-electron chi connectivity index (χ3n) is 2.50. The molecule has 0 spiro atoms. The van der Waals surface area contributed by atoms with E-state index in [2.05, 4.69) is 20.3 Å². The topological polar surface area (TPSA) is 97.2 Å². The number of carbonyl (C=O) groups is 1. The van der Waals surface area contributed by atoms with Crippen molar-refractivity contribution in [3.05, 3.63) is 36.3 Å². The first kappa shape index (κ1) is 13.9. The van der Waals surface area contributed by atoms with Gasteiger partial charge in [0.2, 0.25) is 0 Å². The van der Waals surface area contributed by atoms with Crippen molar-refractivity contribution in [1.29, 1.82) is 0 Å². The summed E-state index contributed by atoms with van der Waals surface area (Å²) >= 11 is 0. The normalized spacial score (nSPS) is 10.2. The Bertz CT molecular complexity index is 589. The van der Waals surface area contributed by atoms with Crippen LogP contribution in [0.25, 0.3) is 11.4 Å². The lowest BCUT2D eigenvalue weighted by Crippen LogP contribution is -2.11. The number of methoxy groups -OCH3 is 1. The summed E-state index contributed by atoms with van der Waals surface area (Å²) in [5.74, 6) is -0.314. The van der Waals surface area contributed by atoms with Gasteiger partial charge in [0, 0.05) is 37.7 Å². The second kappa shape index (κ2) is 6.58. The molecule has 0 saturated heterocycles. The van der Waals surface area contributed by atoms with Gasteiger partial charge < -0.3 is 15.2 Å². The van der Waals surface area contributed by atoms with Gasteiger partial charge in [-0.15, -0.1) is 0 Å². The average molecular weight is 274 g/mol. The Labute approximate surface area is 115 Å². The maximum Gasteiger partial charge on any atom is 0.354 e. The molecule has 7 nitrogen and oxygen atoms in total. The number of hydrogen-bond acceptors (Lipinski definition) is 6. The summed E-state index contributed by atoms with van der Waals surface area (Å²) in [7, 11) is 1.59. The number of aromatic carboxylic acids is 1. The highest BCUT2D eigenvalue weighted by Gasteiger charge is 2.11. The molecule has 2 aromatic heterocycles. The fourth-order valence-electron chi connectivity index (χ4n) is 1.56. The van der Waals surface area contributed by atoms with E-state index in [-0.39, 0.29) is 5.69 Å². The molecule has 0 saturated carbocycles. The van der Waals surface area contributed by atoms with Gasteiger partial charge in [0.25, 0.3) is 0 Å². The van der Waals surface area contributed by atoms with Crippen LogP contribution >= 0.6 is 0 Å². The molecule has 0 unspecified atom stereocenters. The summed E-state index contributed by atoms with van der Waals surface area (Å²) in [5.41, 5.74) is 0.643. The standard InChI is InChI=1S/C13H14N4O3/c1-20-7-6-15-11-8-10(13(18)19)16-12(17-11)9-2-4-14-5-3-9/h2-5,8H,6-7H2,1H3,(H,18,19)(H,15,16,17). The minimum Gasteiger partial charge on any atom is -0.477 e. The summed E-state index contributed by atoms with van der Waals surface area (Å²) in [4.78, 5) is 23.3. The van der Waals surface area contributed by atoms with Gasteiger partial charge in [-0.05, 0) is 12.1 Å². The average Bonchev–Trinajstić information content (AvgIpc) is 2.48.